The zero-order valence-electron chi connectivity index (χ0n) is 12.7. The minimum absolute atomic E-state index is 0.0464. The van der Waals surface area contributed by atoms with Crippen LogP contribution < -0.4 is 5.32 Å². The molecule has 8 nitrogen and oxygen atoms in total. The Morgan fingerprint density at radius 3 is 2.83 bits per heavy atom. The molecular weight excluding hydrogens is 313 g/mol. The van der Waals surface area contributed by atoms with Crippen LogP contribution in [-0.2, 0) is 0 Å². The third-order valence-electron chi connectivity index (χ3n) is 3.68. The third-order valence-corrected chi connectivity index (χ3v) is 3.68. The lowest BCUT2D eigenvalue weighted by Gasteiger charge is -2.16. The Morgan fingerprint density at radius 2 is 2.21 bits per heavy atom. The predicted octanol–water partition coefficient (Wildman–Crippen LogP) is 1.55. The van der Waals surface area contributed by atoms with E-state index in [9.17, 15) is 9.18 Å². The van der Waals surface area contributed by atoms with Crippen molar-refractivity contribution in [1.29, 1.82) is 5.26 Å². The molecular formula is C15H14FN7O. The SMILES string of the molecule is N#CC(=CNc1ccc(C(=O)N2CCCC2)c(F)c1)c1nn[nH]n1. The molecule has 0 aliphatic carbocycles. The van der Waals surface area contributed by atoms with Gasteiger partial charge in [-0.1, -0.05) is 0 Å². The second-order valence-corrected chi connectivity index (χ2v) is 5.24. The summed E-state index contributed by atoms with van der Waals surface area (Å²) < 4.78 is 14.2. The van der Waals surface area contributed by atoms with Crippen molar-refractivity contribution in [1.82, 2.24) is 25.5 Å². The summed E-state index contributed by atoms with van der Waals surface area (Å²) in [5.74, 6) is -0.772. The van der Waals surface area contributed by atoms with Crippen LogP contribution in [-0.4, -0.2) is 44.5 Å². The minimum Gasteiger partial charge on any atom is -0.360 e. The van der Waals surface area contributed by atoms with Crippen LogP contribution in [0.2, 0.25) is 0 Å². The molecule has 3 rings (SSSR count). The van der Waals surface area contributed by atoms with Crippen molar-refractivity contribution in [2.45, 2.75) is 12.8 Å². The van der Waals surface area contributed by atoms with E-state index in [1.807, 2.05) is 6.07 Å². The molecule has 2 N–H and O–H groups in total. The second kappa shape index (κ2) is 6.87. The zero-order valence-corrected chi connectivity index (χ0v) is 12.7. The fourth-order valence-corrected chi connectivity index (χ4v) is 2.45. The number of nitrogens with one attached hydrogen (secondary N) is 2. The summed E-state index contributed by atoms with van der Waals surface area (Å²) in [6.07, 6.45) is 3.25. The van der Waals surface area contributed by atoms with E-state index in [2.05, 4.69) is 25.9 Å². The van der Waals surface area contributed by atoms with Gasteiger partial charge in [0.2, 0.25) is 5.82 Å². The maximum atomic E-state index is 14.2. The van der Waals surface area contributed by atoms with Gasteiger partial charge in [-0.05, 0) is 36.3 Å². The number of carbonyl (C=O) groups excluding carboxylic acids is 1. The summed E-state index contributed by atoms with van der Waals surface area (Å²) in [6.45, 7) is 1.33. The summed E-state index contributed by atoms with van der Waals surface area (Å²) in [4.78, 5) is 13.9. The largest absolute Gasteiger partial charge is 0.360 e. The number of benzene rings is 1. The van der Waals surface area contributed by atoms with Crippen molar-refractivity contribution in [2.24, 2.45) is 0 Å². The Kier molecular flexibility index (Phi) is 4.47. The standard InChI is InChI=1S/C15H14FN7O/c16-13-7-11(18-9-10(8-17)14-19-21-22-20-14)3-4-12(13)15(24)23-5-1-2-6-23/h3-4,7,9,18H,1-2,5-6H2,(H,19,20,21,22). The van der Waals surface area contributed by atoms with E-state index < -0.39 is 5.82 Å². The quantitative estimate of drug-likeness (QED) is 0.824. The monoisotopic (exact) mass is 327 g/mol. The molecule has 122 valence electrons. The molecule has 0 spiro atoms. The molecule has 0 bridgehead atoms. The van der Waals surface area contributed by atoms with Gasteiger partial charge in [0.15, 0.2) is 0 Å². The number of tetrazole rings is 1. The van der Waals surface area contributed by atoms with E-state index in [-0.39, 0.29) is 22.9 Å². The lowest BCUT2D eigenvalue weighted by molar-refractivity contribution is 0.0788. The molecule has 24 heavy (non-hydrogen) atoms. The number of carbonyl (C=O) groups is 1. The van der Waals surface area contributed by atoms with Crippen LogP contribution in [0.1, 0.15) is 29.0 Å². The molecule has 1 fully saturated rings. The Morgan fingerprint density at radius 1 is 1.42 bits per heavy atom. The smallest absolute Gasteiger partial charge is 0.256 e. The number of H-pyrrole nitrogens is 1. The molecule has 0 atom stereocenters. The van der Waals surface area contributed by atoms with Crippen molar-refractivity contribution in [3.8, 4) is 6.07 Å². The fraction of sp³-hybridized carbons (Fsp3) is 0.267. The summed E-state index contributed by atoms with van der Waals surface area (Å²) >= 11 is 0. The molecule has 1 aliphatic rings. The van der Waals surface area contributed by atoms with Crippen LogP contribution in [0.3, 0.4) is 0 Å². The van der Waals surface area contributed by atoms with Crippen molar-refractivity contribution < 1.29 is 9.18 Å². The van der Waals surface area contributed by atoms with E-state index in [0.29, 0.717) is 18.8 Å². The first-order valence-corrected chi connectivity index (χ1v) is 7.38. The first-order chi connectivity index (χ1) is 11.7. The summed E-state index contributed by atoms with van der Waals surface area (Å²) in [6, 6.07) is 6.14. The molecule has 0 unspecified atom stereocenters. The summed E-state index contributed by atoms with van der Waals surface area (Å²) in [5, 5.41) is 24.9. The Labute approximate surface area is 137 Å². The number of nitrogens with zero attached hydrogens (tertiary/aromatic N) is 5. The lowest BCUT2D eigenvalue weighted by atomic mass is 10.1. The average molecular weight is 327 g/mol. The van der Waals surface area contributed by atoms with Crippen LogP contribution in [0.4, 0.5) is 10.1 Å². The minimum atomic E-state index is -0.608. The molecule has 1 aromatic heterocycles. The van der Waals surface area contributed by atoms with E-state index in [0.717, 1.165) is 12.8 Å². The topological polar surface area (TPSA) is 111 Å². The molecule has 1 aromatic carbocycles. The van der Waals surface area contributed by atoms with Crippen LogP contribution in [0.5, 0.6) is 0 Å². The number of rotatable bonds is 4. The molecule has 1 saturated heterocycles. The number of nitriles is 1. The highest BCUT2D eigenvalue weighted by Crippen LogP contribution is 2.19. The Bertz CT molecular complexity index is 804. The van der Waals surface area contributed by atoms with Gasteiger partial charge in [-0.3, -0.25) is 4.79 Å². The number of amides is 1. The number of halogens is 1. The summed E-state index contributed by atoms with van der Waals surface area (Å²) in [5.41, 5.74) is 0.591. The number of anilines is 1. The van der Waals surface area contributed by atoms with Gasteiger partial charge < -0.3 is 10.2 Å². The number of likely N-dealkylation sites (tertiary alicyclic amines) is 1. The number of aromatic nitrogens is 4. The van der Waals surface area contributed by atoms with Gasteiger partial charge in [-0.15, -0.1) is 10.2 Å². The Balaban J connectivity index is 1.75. The van der Waals surface area contributed by atoms with Gasteiger partial charge in [0.25, 0.3) is 5.91 Å². The number of hydrogen-bond acceptors (Lipinski definition) is 6. The maximum Gasteiger partial charge on any atom is 0.256 e. The van der Waals surface area contributed by atoms with Crippen LogP contribution in [0.15, 0.2) is 24.4 Å². The number of aromatic amines is 1. The van der Waals surface area contributed by atoms with Gasteiger partial charge in [0, 0.05) is 25.0 Å². The molecule has 9 heteroatoms. The highest BCUT2D eigenvalue weighted by Gasteiger charge is 2.22. The molecule has 0 radical (unpaired) electrons. The van der Waals surface area contributed by atoms with Crippen molar-refractivity contribution >= 4 is 17.2 Å². The van der Waals surface area contributed by atoms with Gasteiger partial charge in [-0.25, -0.2) is 4.39 Å². The van der Waals surface area contributed by atoms with Gasteiger partial charge in [0.1, 0.15) is 17.5 Å². The number of hydrogen-bond donors (Lipinski definition) is 2. The van der Waals surface area contributed by atoms with Gasteiger partial charge >= 0.3 is 0 Å². The number of allylic oxidation sites excluding steroid dienone is 1. The first kappa shape index (κ1) is 15.6. The van der Waals surface area contributed by atoms with Crippen molar-refractivity contribution in [2.75, 3.05) is 18.4 Å². The van der Waals surface area contributed by atoms with Crippen LogP contribution >= 0.6 is 0 Å². The molecule has 0 saturated carbocycles. The predicted molar refractivity (Wildman–Crippen MR) is 82.9 cm³/mol. The average Bonchev–Trinajstić information content (AvgIpc) is 3.29. The van der Waals surface area contributed by atoms with Crippen molar-refractivity contribution in [3.63, 3.8) is 0 Å². The highest BCUT2D eigenvalue weighted by atomic mass is 19.1. The zero-order chi connectivity index (χ0) is 16.9. The van der Waals surface area contributed by atoms with E-state index in [1.165, 1.54) is 18.3 Å². The third kappa shape index (κ3) is 3.22. The van der Waals surface area contributed by atoms with Crippen LogP contribution in [0.25, 0.3) is 5.57 Å². The van der Waals surface area contributed by atoms with Gasteiger partial charge in [-0.2, -0.15) is 10.5 Å². The first-order valence-electron chi connectivity index (χ1n) is 7.38. The Hall–Kier alpha value is -3.28. The van der Waals surface area contributed by atoms with E-state index in [1.54, 1.807) is 11.0 Å². The fourth-order valence-electron chi connectivity index (χ4n) is 2.45. The normalized spacial score (nSPS) is 14.5. The molecule has 2 heterocycles. The maximum absolute atomic E-state index is 14.2. The summed E-state index contributed by atoms with van der Waals surface area (Å²) in [7, 11) is 0. The van der Waals surface area contributed by atoms with Crippen molar-refractivity contribution in [3.05, 3.63) is 41.6 Å². The molecule has 1 amide bonds. The second-order valence-electron chi connectivity index (χ2n) is 5.24. The molecule has 2 aromatic rings. The van der Waals surface area contributed by atoms with Gasteiger partial charge in [0.05, 0.1) is 5.56 Å². The lowest BCUT2D eigenvalue weighted by Crippen LogP contribution is -2.28. The van der Waals surface area contributed by atoms with Crippen LogP contribution in [0, 0.1) is 17.1 Å². The highest BCUT2D eigenvalue weighted by molar-refractivity contribution is 5.95. The van der Waals surface area contributed by atoms with E-state index in [4.69, 9.17) is 5.26 Å². The van der Waals surface area contributed by atoms with E-state index >= 15 is 0 Å². The molecule has 1 aliphatic heterocycles.